The first-order valence-corrected chi connectivity index (χ1v) is 6.95. The van der Waals surface area contributed by atoms with Crippen LogP contribution in [-0.4, -0.2) is 9.97 Å². The third-order valence-electron chi connectivity index (χ3n) is 3.15. The van der Waals surface area contributed by atoms with Crippen molar-refractivity contribution >= 4 is 11.6 Å². The molecule has 24 heavy (non-hydrogen) atoms. The zero-order valence-corrected chi connectivity index (χ0v) is 12.6. The SMILES string of the molecule is N#Cc1cccc(-c2nc(-c3ncc(C(F)(F)F)cc3Cl)co2)c1. The normalized spacial score (nSPS) is 11.3. The van der Waals surface area contributed by atoms with E-state index in [0.717, 1.165) is 6.07 Å². The van der Waals surface area contributed by atoms with Gasteiger partial charge in [0.1, 0.15) is 17.7 Å². The highest BCUT2D eigenvalue weighted by molar-refractivity contribution is 6.33. The van der Waals surface area contributed by atoms with Crippen LogP contribution in [0.15, 0.2) is 47.2 Å². The van der Waals surface area contributed by atoms with Crippen LogP contribution in [0.5, 0.6) is 0 Å². The van der Waals surface area contributed by atoms with Gasteiger partial charge in [0, 0.05) is 11.8 Å². The van der Waals surface area contributed by atoms with Crippen molar-refractivity contribution in [3.8, 4) is 28.9 Å². The van der Waals surface area contributed by atoms with Crippen molar-refractivity contribution in [2.75, 3.05) is 0 Å². The van der Waals surface area contributed by atoms with Crippen LogP contribution in [0.1, 0.15) is 11.1 Å². The summed E-state index contributed by atoms with van der Waals surface area (Å²) in [6, 6.07) is 9.35. The Morgan fingerprint density at radius 2 is 2.00 bits per heavy atom. The lowest BCUT2D eigenvalue weighted by molar-refractivity contribution is -0.137. The van der Waals surface area contributed by atoms with Gasteiger partial charge in [-0.3, -0.25) is 4.98 Å². The fourth-order valence-corrected chi connectivity index (χ4v) is 2.28. The van der Waals surface area contributed by atoms with E-state index in [1.54, 1.807) is 24.3 Å². The minimum Gasteiger partial charge on any atom is -0.444 e. The molecule has 0 saturated heterocycles. The molecule has 0 unspecified atom stereocenters. The van der Waals surface area contributed by atoms with Crippen molar-refractivity contribution in [1.29, 1.82) is 5.26 Å². The maximum absolute atomic E-state index is 12.6. The predicted molar refractivity (Wildman–Crippen MR) is 79.9 cm³/mol. The van der Waals surface area contributed by atoms with E-state index in [0.29, 0.717) is 17.3 Å². The molecule has 1 aromatic carbocycles. The summed E-state index contributed by atoms with van der Waals surface area (Å²) in [4.78, 5) is 7.90. The molecule has 2 heterocycles. The van der Waals surface area contributed by atoms with Gasteiger partial charge in [-0.25, -0.2) is 4.98 Å². The van der Waals surface area contributed by atoms with Crippen LogP contribution >= 0.6 is 11.6 Å². The van der Waals surface area contributed by atoms with Gasteiger partial charge >= 0.3 is 6.18 Å². The lowest BCUT2D eigenvalue weighted by Crippen LogP contribution is -2.05. The Balaban J connectivity index is 1.98. The van der Waals surface area contributed by atoms with Gasteiger partial charge in [-0.2, -0.15) is 18.4 Å². The largest absolute Gasteiger partial charge is 0.444 e. The van der Waals surface area contributed by atoms with Crippen molar-refractivity contribution in [2.24, 2.45) is 0 Å². The van der Waals surface area contributed by atoms with Crippen molar-refractivity contribution < 1.29 is 17.6 Å². The number of nitriles is 1. The second-order valence-electron chi connectivity index (χ2n) is 4.78. The molecular weight excluding hydrogens is 343 g/mol. The first kappa shape index (κ1) is 16.0. The summed E-state index contributed by atoms with van der Waals surface area (Å²) in [7, 11) is 0. The molecule has 0 aliphatic carbocycles. The predicted octanol–water partition coefficient (Wildman–Crippen LogP) is 4.95. The average Bonchev–Trinajstić information content (AvgIpc) is 3.03. The molecular formula is C16H7ClF3N3O. The van der Waals surface area contributed by atoms with E-state index in [1.807, 2.05) is 6.07 Å². The third kappa shape index (κ3) is 3.09. The fourth-order valence-electron chi connectivity index (χ4n) is 2.02. The number of pyridine rings is 1. The molecule has 0 amide bonds. The number of hydrogen-bond donors (Lipinski definition) is 0. The van der Waals surface area contributed by atoms with E-state index in [1.165, 1.54) is 6.26 Å². The standard InChI is InChI=1S/C16H7ClF3N3O/c17-12-5-11(16(18,19)20)7-22-14(12)13-8-24-15(23-13)10-3-1-2-9(4-10)6-21/h1-5,7-8H. The van der Waals surface area contributed by atoms with Gasteiger partial charge in [0.2, 0.25) is 5.89 Å². The van der Waals surface area contributed by atoms with Crippen molar-refractivity contribution in [3.63, 3.8) is 0 Å². The quantitative estimate of drug-likeness (QED) is 0.657. The van der Waals surface area contributed by atoms with Gasteiger partial charge in [-0.05, 0) is 24.3 Å². The molecule has 0 aliphatic heterocycles. The molecule has 0 fully saturated rings. The van der Waals surface area contributed by atoms with Gasteiger partial charge in [0.25, 0.3) is 0 Å². The highest BCUT2D eigenvalue weighted by atomic mass is 35.5. The Bertz CT molecular complexity index is 944. The van der Waals surface area contributed by atoms with E-state index in [4.69, 9.17) is 21.3 Å². The number of nitrogens with zero attached hydrogens (tertiary/aromatic N) is 3. The summed E-state index contributed by atoms with van der Waals surface area (Å²) in [5.41, 5.74) is 0.324. The van der Waals surface area contributed by atoms with Crippen LogP contribution in [0.25, 0.3) is 22.8 Å². The van der Waals surface area contributed by atoms with E-state index in [2.05, 4.69) is 9.97 Å². The van der Waals surface area contributed by atoms with Crippen LogP contribution in [-0.2, 0) is 6.18 Å². The van der Waals surface area contributed by atoms with Crippen molar-refractivity contribution in [2.45, 2.75) is 6.18 Å². The molecule has 0 radical (unpaired) electrons. The Morgan fingerprint density at radius 3 is 2.67 bits per heavy atom. The maximum atomic E-state index is 12.6. The number of oxazole rings is 1. The smallest absolute Gasteiger partial charge is 0.417 e. The molecule has 4 nitrogen and oxygen atoms in total. The minimum absolute atomic E-state index is 0.0797. The molecule has 0 saturated carbocycles. The highest BCUT2D eigenvalue weighted by Crippen LogP contribution is 2.34. The molecule has 2 aromatic heterocycles. The Morgan fingerprint density at radius 1 is 1.21 bits per heavy atom. The molecule has 0 N–H and O–H groups in total. The Hall–Kier alpha value is -2.85. The molecule has 3 rings (SSSR count). The number of halogens is 4. The van der Waals surface area contributed by atoms with Gasteiger partial charge in [-0.15, -0.1) is 0 Å². The van der Waals surface area contributed by atoms with E-state index < -0.39 is 11.7 Å². The van der Waals surface area contributed by atoms with Crippen LogP contribution in [0, 0.1) is 11.3 Å². The highest BCUT2D eigenvalue weighted by Gasteiger charge is 2.31. The zero-order valence-electron chi connectivity index (χ0n) is 11.8. The van der Waals surface area contributed by atoms with Gasteiger partial charge in [0.15, 0.2) is 0 Å². The van der Waals surface area contributed by atoms with Crippen LogP contribution in [0.4, 0.5) is 13.2 Å². The monoisotopic (exact) mass is 349 g/mol. The second kappa shape index (κ2) is 5.98. The number of rotatable bonds is 2. The molecule has 0 aliphatic rings. The summed E-state index contributed by atoms with van der Waals surface area (Å²) < 4.78 is 43.2. The summed E-state index contributed by atoms with van der Waals surface area (Å²) in [5.74, 6) is 0.208. The topological polar surface area (TPSA) is 62.7 Å². The fraction of sp³-hybridized carbons (Fsp3) is 0.0625. The van der Waals surface area contributed by atoms with Crippen LogP contribution < -0.4 is 0 Å². The number of aromatic nitrogens is 2. The number of alkyl halides is 3. The first-order chi connectivity index (χ1) is 11.4. The van der Waals surface area contributed by atoms with Crippen molar-refractivity contribution in [3.05, 3.63) is 58.9 Å². The van der Waals surface area contributed by atoms with E-state index in [-0.39, 0.29) is 22.3 Å². The lowest BCUT2D eigenvalue weighted by atomic mass is 10.1. The summed E-state index contributed by atoms with van der Waals surface area (Å²) in [5, 5.41) is 8.72. The van der Waals surface area contributed by atoms with Crippen LogP contribution in [0.2, 0.25) is 5.02 Å². The summed E-state index contributed by atoms with van der Waals surface area (Å²) >= 11 is 5.89. The molecule has 0 spiro atoms. The van der Waals surface area contributed by atoms with Gasteiger partial charge < -0.3 is 4.42 Å². The first-order valence-electron chi connectivity index (χ1n) is 6.57. The van der Waals surface area contributed by atoms with Gasteiger partial charge in [-0.1, -0.05) is 17.7 Å². The zero-order chi connectivity index (χ0) is 17.3. The average molecular weight is 350 g/mol. The Labute approximate surface area is 139 Å². The summed E-state index contributed by atoms with van der Waals surface area (Å²) in [6.07, 6.45) is -2.59. The molecule has 8 heteroatoms. The van der Waals surface area contributed by atoms with Crippen LogP contribution in [0.3, 0.4) is 0 Å². The number of hydrogen-bond acceptors (Lipinski definition) is 4. The third-order valence-corrected chi connectivity index (χ3v) is 3.44. The molecule has 120 valence electrons. The molecule has 3 aromatic rings. The molecule has 0 atom stereocenters. The van der Waals surface area contributed by atoms with Crippen molar-refractivity contribution in [1.82, 2.24) is 9.97 Å². The minimum atomic E-state index is -4.53. The van der Waals surface area contributed by atoms with E-state index >= 15 is 0 Å². The molecule has 0 bridgehead atoms. The summed E-state index contributed by atoms with van der Waals surface area (Å²) in [6.45, 7) is 0. The lowest BCUT2D eigenvalue weighted by Gasteiger charge is -2.07. The number of benzene rings is 1. The second-order valence-corrected chi connectivity index (χ2v) is 5.19. The Kier molecular flexibility index (Phi) is 3.99. The van der Waals surface area contributed by atoms with Gasteiger partial charge in [0.05, 0.1) is 22.2 Å². The maximum Gasteiger partial charge on any atom is 0.417 e. The van der Waals surface area contributed by atoms with E-state index in [9.17, 15) is 13.2 Å².